The SMILES string of the molecule is COc1cc(C#N)ccc1OC(=O)CCn1cnc2ccc(Br)cc2c1=O. The van der Waals surface area contributed by atoms with Gasteiger partial charge in [-0.1, -0.05) is 15.9 Å². The van der Waals surface area contributed by atoms with E-state index in [-0.39, 0.29) is 30.0 Å². The number of fused-ring (bicyclic) bond motifs is 1. The van der Waals surface area contributed by atoms with Gasteiger partial charge in [-0.15, -0.1) is 0 Å². The molecular formula is C19H14BrN3O4. The minimum Gasteiger partial charge on any atom is -0.493 e. The zero-order valence-electron chi connectivity index (χ0n) is 14.3. The van der Waals surface area contributed by atoms with Crippen molar-refractivity contribution in [1.29, 1.82) is 5.26 Å². The average molecular weight is 428 g/mol. The van der Waals surface area contributed by atoms with Gasteiger partial charge in [-0.25, -0.2) is 4.98 Å². The van der Waals surface area contributed by atoms with E-state index in [1.807, 2.05) is 6.07 Å². The molecule has 1 aromatic heterocycles. The molecule has 0 N–H and O–H groups in total. The molecule has 0 radical (unpaired) electrons. The molecule has 0 bridgehead atoms. The van der Waals surface area contributed by atoms with Crippen molar-refractivity contribution >= 4 is 32.8 Å². The van der Waals surface area contributed by atoms with E-state index in [0.29, 0.717) is 16.5 Å². The predicted octanol–water partition coefficient (Wildman–Crippen LogP) is 3.03. The quantitative estimate of drug-likeness (QED) is 0.458. The maximum Gasteiger partial charge on any atom is 0.313 e. The number of esters is 1. The van der Waals surface area contributed by atoms with Crippen molar-refractivity contribution in [3.05, 3.63) is 63.1 Å². The summed E-state index contributed by atoms with van der Waals surface area (Å²) in [5, 5.41) is 9.37. The third-order valence-electron chi connectivity index (χ3n) is 3.86. The highest BCUT2D eigenvalue weighted by Crippen LogP contribution is 2.28. The van der Waals surface area contributed by atoms with Crippen LogP contribution >= 0.6 is 15.9 Å². The van der Waals surface area contributed by atoms with E-state index in [4.69, 9.17) is 14.7 Å². The van der Waals surface area contributed by atoms with E-state index in [2.05, 4.69) is 20.9 Å². The van der Waals surface area contributed by atoms with Crippen LogP contribution in [0.4, 0.5) is 0 Å². The molecule has 27 heavy (non-hydrogen) atoms. The minimum atomic E-state index is -0.528. The Morgan fingerprint density at radius 1 is 1.26 bits per heavy atom. The summed E-state index contributed by atoms with van der Waals surface area (Å²) in [5.41, 5.74) is 0.751. The Labute approximate surface area is 162 Å². The molecule has 0 saturated heterocycles. The predicted molar refractivity (Wildman–Crippen MR) is 102 cm³/mol. The molecule has 0 aliphatic carbocycles. The second-order valence-electron chi connectivity index (χ2n) is 5.61. The van der Waals surface area contributed by atoms with Crippen molar-refractivity contribution in [3.63, 3.8) is 0 Å². The van der Waals surface area contributed by atoms with Crippen LogP contribution < -0.4 is 15.0 Å². The van der Waals surface area contributed by atoms with Crippen molar-refractivity contribution in [2.24, 2.45) is 0 Å². The highest BCUT2D eigenvalue weighted by molar-refractivity contribution is 9.10. The Morgan fingerprint density at radius 2 is 2.07 bits per heavy atom. The number of ether oxygens (including phenoxy) is 2. The van der Waals surface area contributed by atoms with Crippen LogP contribution in [0.3, 0.4) is 0 Å². The fourth-order valence-corrected chi connectivity index (χ4v) is 2.86. The number of halogens is 1. The molecule has 0 spiro atoms. The van der Waals surface area contributed by atoms with E-state index in [1.54, 1.807) is 18.2 Å². The topological polar surface area (TPSA) is 94.2 Å². The van der Waals surface area contributed by atoms with Gasteiger partial charge in [0.15, 0.2) is 11.5 Å². The number of nitrogens with zero attached hydrogens (tertiary/aromatic N) is 3. The molecule has 136 valence electrons. The largest absolute Gasteiger partial charge is 0.493 e. The Bertz CT molecular complexity index is 1120. The minimum absolute atomic E-state index is 0.0236. The van der Waals surface area contributed by atoms with Gasteiger partial charge in [-0.05, 0) is 30.3 Å². The number of hydrogen-bond acceptors (Lipinski definition) is 6. The van der Waals surface area contributed by atoms with Crippen LogP contribution in [0, 0.1) is 11.3 Å². The number of aryl methyl sites for hydroxylation is 1. The molecule has 3 aromatic rings. The lowest BCUT2D eigenvalue weighted by Crippen LogP contribution is -2.23. The number of carbonyl (C=O) groups is 1. The van der Waals surface area contributed by atoms with Crippen molar-refractivity contribution in [1.82, 2.24) is 9.55 Å². The number of nitriles is 1. The van der Waals surface area contributed by atoms with Crippen LogP contribution in [0.25, 0.3) is 10.9 Å². The first kappa shape index (κ1) is 18.6. The summed E-state index contributed by atoms with van der Waals surface area (Å²) in [5.74, 6) is -0.0227. The van der Waals surface area contributed by atoms with Gasteiger partial charge < -0.3 is 9.47 Å². The van der Waals surface area contributed by atoms with E-state index >= 15 is 0 Å². The Hall–Kier alpha value is -3.18. The summed E-state index contributed by atoms with van der Waals surface area (Å²) in [6.07, 6.45) is 1.39. The Morgan fingerprint density at radius 3 is 2.81 bits per heavy atom. The zero-order valence-corrected chi connectivity index (χ0v) is 15.9. The lowest BCUT2D eigenvalue weighted by molar-refractivity contribution is -0.134. The maximum atomic E-state index is 12.5. The highest BCUT2D eigenvalue weighted by Gasteiger charge is 2.12. The van der Waals surface area contributed by atoms with Gasteiger partial charge in [0.05, 0.1) is 42.4 Å². The summed E-state index contributed by atoms with van der Waals surface area (Å²) in [4.78, 5) is 28.9. The first-order chi connectivity index (χ1) is 13.0. The van der Waals surface area contributed by atoms with Gasteiger partial charge in [-0.2, -0.15) is 5.26 Å². The summed E-state index contributed by atoms with van der Waals surface area (Å²) in [6, 6.07) is 11.7. The molecule has 2 aromatic carbocycles. The molecule has 0 aliphatic rings. The summed E-state index contributed by atoms with van der Waals surface area (Å²) in [7, 11) is 1.42. The van der Waals surface area contributed by atoms with Crippen molar-refractivity contribution < 1.29 is 14.3 Å². The fraction of sp³-hybridized carbons (Fsp3) is 0.158. The van der Waals surface area contributed by atoms with Crippen molar-refractivity contribution in [3.8, 4) is 17.6 Å². The van der Waals surface area contributed by atoms with Crippen molar-refractivity contribution in [2.75, 3.05) is 7.11 Å². The normalized spacial score (nSPS) is 10.4. The molecule has 8 heteroatoms. The van der Waals surface area contributed by atoms with Crippen LogP contribution in [0.1, 0.15) is 12.0 Å². The standard InChI is InChI=1S/C19H14BrN3O4/c1-26-17-8-12(10-21)2-5-16(17)27-18(24)6-7-23-11-22-15-4-3-13(20)9-14(15)19(23)25/h2-5,8-9,11H,6-7H2,1H3. The second kappa shape index (κ2) is 8.01. The second-order valence-corrected chi connectivity index (χ2v) is 6.52. The first-order valence-electron chi connectivity index (χ1n) is 7.95. The fourth-order valence-electron chi connectivity index (χ4n) is 2.50. The summed E-state index contributed by atoms with van der Waals surface area (Å²) >= 11 is 3.33. The van der Waals surface area contributed by atoms with Gasteiger partial charge in [0.2, 0.25) is 0 Å². The smallest absolute Gasteiger partial charge is 0.313 e. The first-order valence-corrected chi connectivity index (χ1v) is 8.74. The van der Waals surface area contributed by atoms with Gasteiger partial charge in [0.1, 0.15) is 0 Å². The van der Waals surface area contributed by atoms with Crippen LogP contribution in [0.5, 0.6) is 11.5 Å². The summed E-state index contributed by atoms with van der Waals surface area (Å²) in [6.45, 7) is 0.131. The highest BCUT2D eigenvalue weighted by atomic mass is 79.9. The van der Waals surface area contributed by atoms with Crippen LogP contribution in [0.2, 0.25) is 0 Å². The molecule has 0 fully saturated rings. The lowest BCUT2D eigenvalue weighted by atomic mass is 10.2. The third-order valence-corrected chi connectivity index (χ3v) is 4.35. The van der Waals surface area contributed by atoms with Gasteiger partial charge in [0, 0.05) is 17.1 Å². The Kier molecular flexibility index (Phi) is 5.52. The van der Waals surface area contributed by atoms with E-state index in [1.165, 1.54) is 36.2 Å². The van der Waals surface area contributed by atoms with E-state index in [9.17, 15) is 9.59 Å². The van der Waals surface area contributed by atoms with Gasteiger partial charge in [0.25, 0.3) is 5.56 Å². The van der Waals surface area contributed by atoms with Crippen LogP contribution in [-0.2, 0) is 11.3 Å². The van der Waals surface area contributed by atoms with E-state index < -0.39 is 5.97 Å². The zero-order chi connectivity index (χ0) is 19.4. The molecule has 1 heterocycles. The number of benzene rings is 2. The van der Waals surface area contributed by atoms with Crippen molar-refractivity contribution in [2.45, 2.75) is 13.0 Å². The van der Waals surface area contributed by atoms with Crippen LogP contribution in [-0.4, -0.2) is 22.6 Å². The third kappa shape index (κ3) is 4.15. The molecule has 0 unspecified atom stereocenters. The average Bonchev–Trinajstić information content (AvgIpc) is 2.68. The number of hydrogen-bond donors (Lipinski definition) is 0. The number of aromatic nitrogens is 2. The van der Waals surface area contributed by atoms with Crippen LogP contribution in [0.15, 0.2) is 52.0 Å². The van der Waals surface area contributed by atoms with Gasteiger partial charge in [-0.3, -0.25) is 14.2 Å². The molecule has 0 atom stereocenters. The maximum absolute atomic E-state index is 12.5. The molecule has 0 amide bonds. The number of methoxy groups -OCH3 is 1. The van der Waals surface area contributed by atoms with E-state index in [0.717, 1.165) is 4.47 Å². The lowest BCUT2D eigenvalue weighted by Gasteiger charge is -2.10. The molecule has 7 nitrogen and oxygen atoms in total. The Balaban J connectivity index is 1.73. The van der Waals surface area contributed by atoms with Gasteiger partial charge >= 0.3 is 5.97 Å². The molecule has 0 saturated carbocycles. The molecule has 3 rings (SSSR count). The monoisotopic (exact) mass is 427 g/mol. The summed E-state index contributed by atoms with van der Waals surface area (Å²) < 4.78 is 12.6. The number of rotatable bonds is 5. The number of carbonyl (C=O) groups excluding carboxylic acids is 1. The molecule has 0 aliphatic heterocycles. The molecular weight excluding hydrogens is 414 g/mol.